The highest BCUT2D eigenvalue weighted by Crippen LogP contribution is 2.47. The Morgan fingerprint density at radius 2 is 1.59 bits per heavy atom. The first kappa shape index (κ1) is 22.1. The van der Waals surface area contributed by atoms with Gasteiger partial charge in [0.15, 0.2) is 11.3 Å². The number of ether oxygens (including phenoxy) is 2. The maximum Gasteiger partial charge on any atom is 0.204 e. The standard InChI is InChI=1S/C28H28O6/c1-14(2)7-8-16-20-24(31)21-19(13-18-15(22(21)29)9-11-27(3,4)33-18)32-26(20)23(30)17-10-12-28(5,6)34-25(16)17/h7,9-13,29-30H,8H2,1-6H3. The first-order valence-corrected chi connectivity index (χ1v) is 11.3. The van der Waals surface area contributed by atoms with Crippen molar-refractivity contribution in [2.45, 2.75) is 59.2 Å². The Balaban J connectivity index is 1.93. The molecular formula is C28H28O6. The molecule has 0 amide bonds. The van der Waals surface area contributed by atoms with Gasteiger partial charge in [-0.1, -0.05) is 11.6 Å². The highest BCUT2D eigenvalue weighted by molar-refractivity contribution is 6.02. The smallest absolute Gasteiger partial charge is 0.204 e. The lowest BCUT2D eigenvalue weighted by atomic mass is 9.93. The van der Waals surface area contributed by atoms with Crippen LogP contribution >= 0.6 is 0 Å². The molecule has 5 rings (SSSR count). The lowest BCUT2D eigenvalue weighted by molar-refractivity contribution is 0.157. The van der Waals surface area contributed by atoms with Gasteiger partial charge in [-0.3, -0.25) is 4.79 Å². The van der Waals surface area contributed by atoms with E-state index in [0.717, 1.165) is 5.57 Å². The Labute approximate surface area is 197 Å². The van der Waals surface area contributed by atoms with Gasteiger partial charge in [-0.15, -0.1) is 0 Å². The van der Waals surface area contributed by atoms with Crippen molar-refractivity contribution < 1.29 is 24.1 Å². The van der Waals surface area contributed by atoms with Crippen LogP contribution in [-0.4, -0.2) is 21.4 Å². The molecule has 0 radical (unpaired) electrons. The quantitative estimate of drug-likeness (QED) is 0.348. The van der Waals surface area contributed by atoms with Gasteiger partial charge in [-0.2, -0.15) is 0 Å². The molecular weight excluding hydrogens is 432 g/mol. The van der Waals surface area contributed by atoms with Crippen LogP contribution in [0.2, 0.25) is 0 Å². The third-order valence-corrected chi connectivity index (χ3v) is 6.21. The van der Waals surface area contributed by atoms with E-state index in [9.17, 15) is 15.0 Å². The highest BCUT2D eigenvalue weighted by atomic mass is 16.5. The summed E-state index contributed by atoms with van der Waals surface area (Å²) in [6.07, 6.45) is 9.64. The number of hydrogen-bond acceptors (Lipinski definition) is 6. The van der Waals surface area contributed by atoms with E-state index in [0.29, 0.717) is 34.6 Å². The second-order valence-electron chi connectivity index (χ2n) is 10.3. The SMILES string of the molecule is CC(C)=CCc1c2c(c(O)c3oc4cc5c(c(O)c4c(=O)c13)C=CC(C)(C)O5)C=CC(C)(C)O2. The Morgan fingerprint density at radius 3 is 2.26 bits per heavy atom. The van der Waals surface area contributed by atoms with Gasteiger partial charge in [0.2, 0.25) is 5.43 Å². The van der Waals surface area contributed by atoms with Crippen molar-refractivity contribution in [2.75, 3.05) is 0 Å². The molecule has 2 N–H and O–H groups in total. The summed E-state index contributed by atoms with van der Waals surface area (Å²) in [5, 5.41) is 22.5. The molecule has 0 bridgehead atoms. The lowest BCUT2D eigenvalue weighted by Crippen LogP contribution is -2.28. The number of benzene rings is 2. The Bertz CT molecular complexity index is 1520. The van der Waals surface area contributed by atoms with Crippen LogP contribution in [0.1, 0.15) is 58.2 Å². The predicted molar refractivity (Wildman–Crippen MR) is 134 cm³/mol. The van der Waals surface area contributed by atoms with Crippen molar-refractivity contribution in [2.24, 2.45) is 0 Å². The normalized spacial score (nSPS) is 17.1. The Hall–Kier alpha value is -3.67. The van der Waals surface area contributed by atoms with E-state index < -0.39 is 16.6 Å². The van der Waals surface area contributed by atoms with Crippen molar-refractivity contribution in [1.82, 2.24) is 0 Å². The molecule has 0 unspecified atom stereocenters. The van der Waals surface area contributed by atoms with Crippen LogP contribution in [0.25, 0.3) is 34.1 Å². The van der Waals surface area contributed by atoms with Gasteiger partial charge in [0, 0.05) is 11.6 Å². The molecule has 0 atom stereocenters. The fourth-order valence-electron chi connectivity index (χ4n) is 4.47. The van der Waals surface area contributed by atoms with Crippen LogP contribution in [0.3, 0.4) is 0 Å². The zero-order valence-electron chi connectivity index (χ0n) is 20.2. The molecule has 176 valence electrons. The molecule has 3 aromatic rings. The summed E-state index contributed by atoms with van der Waals surface area (Å²) in [5.41, 5.74) is 1.17. The van der Waals surface area contributed by atoms with E-state index in [1.54, 1.807) is 18.2 Å². The number of fused-ring (bicyclic) bond motifs is 4. The van der Waals surface area contributed by atoms with Crippen LogP contribution in [0.15, 0.2) is 39.1 Å². The van der Waals surface area contributed by atoms with Gasteiger partial charge < -0.3 is 24.1 Å². The zero-order valence-corrected chi connectivity index (χ0v) is 20.2. The summed E-state index contributed by atoms with van der Waals surface area (Å²) in [4.78, 5) is 13.9. The van der Waals surface area contributed by atoms with E-state index in [4.69, 9.17) is 13.9 Å². The van der Waals surface area contributed by atoms with Gasteiger partial charge in [-0.05, 0) is 72.3 Å². The van der Waals surface area contributed by atoms with Gasteiger partial charge in [0.05, 0.1) is 16.5 Å². The van der Waals surface area contributed by atoms with E-state index in [1.165, 1.54) is 0 Å². The third-order valence-electron chi connectivity index (χ3n) is 6.21. The molecule has 3 heterocycles. The van der Waals surface area contributed by atoms with Crippen LogP contribution < -0.4 is 14.9 Å². The zero-order chi connectivity index (χ0) is 24.6. The number of aromatic hydroxyl groups is 2. The summed E-state index contributed by atoms with van der Waals surface area (Å²) in [6.45, 7) is 11.6. The molecule has 2 aromatic carbocycles. The molecule has 0 saturated heterocycles. The number of phenolic OH excluding ortho intramolecular Hbond substituents is 2. The minimum Gasteiger partial charge on any atom is -0.506 e. The average molecular weight is 461 g/mol. The van der Waals surface area contributed by atoms with Crippen LogP contribution in [0.5, 0.6) is 23.0 Å². The fraction of sp³-hybridized carbons (Fsp3) is 0.321. The molecule has 1 aromatic heterocycles. The summed E-state index contributed by atoms with van der Waals surface area (Å²) in [6, 6.07) is 1.60. The maximum absolute atomic E-state index is 13.9. The second-order valence-corrected chi connectivity index (χ2v) is 10.3. The Kier molecular flexibility index (Phi) is 4.66. The summed E-state index contributed by atoms with van der Waals surface area (Å²) in [5.74, 6) is 0.479. The first-order valence-electron chi connectivity index (χ1n) is 11.3. The minimum absolute atomic E-state index is 0.0441. The fourth-order valence-corrected chi connectivity index (χ4v) is 4.47. The van der Waals surface area contributed by atoms with E-state index in [-0.39, 0.29) is 33.4 Å². The third kappa shape index (κ3) is 3.36. The summed E-state index contributed by atoms with van der Waals surface area (Å²) < 4.78 is 18.3. The van der Waals surface area contributed by atoms with E-state index in [2.05, 4.69) is 0 Å². The van der Waals surface area contributed by atoms with E-state index in [1.807, 2.05) is 59.8 Å². The molecule has 6 nitrogen and oxygen atoms in total. The van der Waals surface area contributed by atoms with Crippen LogP contribution in [0.4, 0.5) is 0 Å². The largest absolute Gasteiger partial charge is 0.506 e. The topological polar surface area (TPSA) is 89.1 Å². The first-order chi connectivity index (χ1) is 15.9. The van der Waals surface area contributed by atoms with Gasteiger partial charge in [-0.25, -0.2) is 0 Å². The number of allylic oxidation sites excluding steroid dienone is 2. The molecule has 34 heavy (non-hydrogen) atoms. The molecule has 6 heteroatoms. The average Bonchev–Trinajstić information content (AvgIpc) is 2.72. The molecule has 0 aliphatic carbocycles. The Morgan fingerprint density at radius 1 is 0.941 bits per heavy atom. The highest BCUT2D eigenvalue weighted by Gasteiger charge is 2.32. The number of rotatable bonds is 2. The molecule has 2 aliphatic heterocycles. The molecule has 0 fully saturated rings. The van der Waals surface area contributed by atoms with Gasteiger partial charge >= 0.3 is 0 Å². The number of hydrogen-bond donors (Lipinski definition) is 2. The predicted octanol–water partition coefficient (Wildman–Crippen LogP) is 6.23. The van der Waals surface area contributed by atoms with Crippen molar-refractivity contribution in [1.29, 1.82) is 0 Å². The minimum atomic E-state index is -0.611. The monoisotopic (exact) mass is 460 g/mol. The van der Waals surface area contributed by atoms with Crippen molar-refractivity contribution in [3.05, 3.63) is 56.8 Å². The second kappa shape index (κ2) is 7.16. The maximum atomic E-state index is 13.9. The van der Waals surface area contributed by atoms with Gasteiger partial charge in [0.1, 0.15) is 39.4 Å². The number of phenols is 2. The van der Waals surface area contributed by atoms with Crippen molar-refractivity contribution in [3.63, 3.8) is 0 Å². The van der Waals surface area contributed by atoms with Gasteiger partial charge in [0.25, 0.3) is 0 Å². The lowest BCUT2D eigenvalue weighted by Gasteiger charge is -2.30. The van der Waals surface area contributed by atoms with Crippen LogP contribution in [0, 0.1) is 0 Å². The molecule has 2 aliphatic rings. The summed E-state index contributed by atoms with van der Waals surface area (Å²) >= 11 is 0. The molecule has 0 spiro atoms. The molecule has 0 saturated carbocycles. The van der Waals surface area contributed by atoms with E-state index >= 15 is 0 Å². The van der Waals surface area contributed by atoms with Crippen molar-refractivity contribution >= 4 is 34.1 Å². The van der Waals surface area contributed by atoms with Crippen LogP contribution in [-0.2, 0) is 6.42 Å². The summed E-state index contributed by atoms with van der Waals surface area (Å²) in [7, 11) is 0. The van der Waals surface area contributed by atoms with Crippen molar-refractivity contribution in [3.8, 4) is 23.0 Å².